The Morgan fingerprint density at radius 2 is 2.00 bits per heavy atom. The largest absolute Gasteiger partial charge is 0.353 e. The van der Waals surface area contributed by atoms with E-state index in [-0.39, 0.29) is 35.7 Å². The third-order valence-corrected chi connectivity index (χ3v) is 6.94. The van der Waals surface area contributed by atoms with Crippen LogP contribution in [0.3, 0.4) is 0 Å². The minimum Gasteiger partial charge on any atom is -0.353 e. The van der Waals surface area contributed by atoms with E-state index in [1.54, 1.807) is 0 Å². The summed E-state index contributed by atoms with van der Waals surface area (Å²) in [5.74, 6) is 1.14. The van der Waals surface area contributed by atoms with Gasteiger partial charge in [0.25, 0.3) is 0 Å². The monoisotopic (exact) mass is 473 g/mol. The van der Waals surface area contributed by atoms with Crippen LogP contribution in [0.4, 0.5) is 10.2 Å². The number of fused-ring (bicyclic) bond motifs is 1. The number of hydrogen-bond acceptors (Lipinski definition) is 4. The van der Waals surface area contributed by atoms with Crippen LogP contribution >= 0.6 is 0 Å². The van der Waals surface area contributed by atoms with Gasteiger partial charge in [-0.3, -0.25) is 4.79 Å². The molecule has 4 rings (SSSR count). The van der Waals surface area contributed by atoms with E-state index in [2.05, 4.69) is 34.7 Å². The molecule has 3 atom stereocenters. The first-order valence-electron chi connectivity index (χ1n) is 12.0. The Labute approximate surface area is 206 Å². The van der Waals surface area contributed by atoms with Gasteiger partial charge in [0.1, 0.15) is 17.4 Å². The van der Waals surface area contributed by atoms with E-state index in [1.807, 2.05) is 71.9 Å². The zero-order valence-electron chi connectivity index (χ0n) is 20.7. The van der Waals surface area contributed by atoms with Crippen molar-refractivity contribution in [1.29, 1.82) is 0 Å². The highest BCUT2D eigenvalue weighted by Gasteiger charge is 2.37. The predicted octanol–water partition coefficient (Wildman–Crippen LogP) is 5.15. The molecule has 0 spiro atoms. The van der Waals surface area contributed by atoms with Crippen molar-refractivity contribution in [3.63, 3.8) is 0 Å². The van der Waals surface area contributed by atoms with Crippen molar-refractivity contribution in [3.8, 4) is 0 Å². The van der Waals surface area contributed by atoms with Crippen molar-refractivity contribution in [2.75, 3.05) is 19.0 Å². The molecule has 7 heteroatoms. The molecule has 1 aromatic heterocycles. The molecule has 0 aliphatic carbocycles. The van der Waals surface area contributed by atoms with Crippen LogP contribution in [-0.4, -0.2) is 46.6 Å². The molecule has 1 saturated heterocycles. The lowest BCUT2D eigenvalue weighted by Gasteiger charge is -2.24. The van der Waals surface area contributed by atoms with Crippen LogP contribution in [0, 0.1) is 12.8 Å². The summed E-state index contributed by atoms with van der Waals surface area (Å²) in [7, 11) is 3.79. The molecule has 2 aliphatic heterocycles. The zero-order chi connectivity index (χ0) is 25.1. The molecular formula is C28H32FN5O. The lowest BCUT2D eigenvalue weighted by molar-refractivity contribution is -0.115. The van der Waals surface area contributed by atoms with Crippen LogP contribution in [0.25, 0.3) is 0 Å². The average molecular weight is 474 g/mol. The standard InChI is InChI=1S/C28H32FN5O/c1-6-23(30-28-22(29)18-25(33(28)5)20-11-9-8-10-12-20)26(35)14-13-21-15-16-34-27(17-19(3)31-34)32(4)24(21)7-2/h8-12,17,21-22,25H,1-2,13-16,18H2,3-5H3/t21-,22-,25-/m0/s1. The molecule has 0 radical (unpaired) electrons. The first-order valence-corrected chi connectivity index (χ1v) is 12.0. The fourth-order valence-corrected chi connectivity index (χ4v) is 5.09. The van der Waals surface area contributed by atoms with E-state index in [1.165, 1.54) is 0 Å². The van der Waals surface area contributed by atoms with E-state index >= 15 is 0 Å². The fourth-order valence-electron chi connectivity index (χ4n) is 5.09. The smallest absolute Gasteiger partial charge is 0.189 e. The van der Waals surface area contributed by atoms with Crippen LogP contribution in [0.2, 0.25) is 0 Å². The number of alkyl halides is 1. The highest BCUT2D eigenvalue weighted by Crippen LogP contribution is 2.35. The molecular weight excluding hydrogens is 441 g/mol. The van der Waals surface area contributed by atoms with Crippen molar-refractivity contribution in [2.24, 2.45) is 10.9 Å². The minimum absolute atomic E-state index is 0.0814. The maximum Gasteiger partial charge on any atom is 0.189 e. The van der Waals surface area contributed by atoms with Crippen molar-refractivity contribution in [1.82, 2.24) is 14.7 Å². The van der Waals surface area contributed by atoms with Gasteiger partial charge in [-0.25, -0.2) is 14.1 Å². The number of aromatic nitrogens is 2. The van der Waals surface area contributed by atoms with Crippen LogP contribution in [0.15, 0.2) is 77.4 Å². The number of allylic oxidation sites excluding steroid dienone is 2. The molecule has 3 heterocycles. The van der Waals surface area contributed by atoms with E-state index in [9.17, 15) is 9.18 Å². The second-order valence-electron chi connectivity index (χ2n) is 9.17. The quantitative estimate of drug-likeness (QED) is 0.430. The summed E-state index contributed by atoms with van der Waals surface area (Å²) in [6.45, 7) is 10.3. The number of benzene rings is 1. The minimum atomic E-state index is -1.25. The van der Waals surface area contributed by atoms with Gasteiger partial charge in [-0.15, -0.1) is 5.73 Å². The van der Waals surface area contributed by atoms with Crippen LogP contribution < -0.4 is 4.90 Å². The Morgan fingerprint density at radius 1 is 1.26 bits per heavy atom. The number of Topliss-reactive ketones (excluding diaryl/α,β-unsaturated/α-hetero) is 1. The van der Waals surface area contributed by atoms with Crippen molar-refractivity contribution < 1.29 is 9.18 Å². The van der Waals surface area contributed by atoms with Crippen molar-refractivity contribution in [3.05, 3.63) is 83.7 Å². The first-order chi connectivity index (χ1) is 16.8. The molecule has 1 aromatic carbocycles. The van der Waals surface area contributed by atoms with Crippen LogP contribution in [-0.2, 0) is 11.3 Å². The number of ketones is 1. The van der Waals surface area contributed by atoms with E-state index in [0.29, 0.717) is 12.8 Å². The number of halogens is 1. The molecule has 0 amide bonds. The topological polar surface area (TPSA) is 53.7 Å². The molecule has 182 valence electrons. The van der Waals surface area contributed by atoms with E-state index in [4.69, 9.17) is 0 Å². The number of amidine groups is 1. The number of nitrogens with zero attached hydrogens (tertiary/aromatic N) is 5. The SMILES string of the molecule is C=C=C(N=C1[C@@H](F)C[C@@H](c2ccccc2)N1C)C(=O)CC[C@H]1CCn2nc(C)cc2N(C)C1=C=C. The summed E-state index contributed by atoms with van der Waals surface area (Å²) in [5, 5.41) is 4.57. The summed E-state index contributed by atoms with van der Waals surface area (Å²) >= 11 is 0. The Morgan fingerprint density at radius 3 is 2.69 bits per heavy atom. The summed E-state index contributed by atoms with van der Waals surface area (Å²) < 4.78 is 16.9. The van der Waals surface area contributed by atoms with Gasteiger partial charge in [0.2, 0.25) is 0 Å². The maximum absolute atomic E-state index is 14.9. The highest BCUT2D eigenvalue weighted by atomic mass is 19.1. The van der Waals surface area contributed by atoms with Crippen LogP contribution in [0.5, 0.6) is 0 Å². The second-order valence-corrected chi connectivity index (χ2v) is 9.17. The number of carbonyl (C=O) groups is 1. The third-order valence-electron chi connectivity index (χ3n) is 6.94. The van der Waals surface area contributed by atoms with Gasteiger partial charge in [0.05, 0.1) is 17.4 Å². The number of aliphatic imine (C=N–C) groups is 1. The first kappa shape index (κ1) is 24.5. The number of hydrogen-bond donors (Lipinski definition) is 0. The molecule has 0 unspecified atom stereocenters. The van der Waals surface area contributed by atoms with Gasteiger partial charge in [0.15, 0.2) is 12.0 Å². The molecule has 6 nitrogen and oxygen atoms in total. The van der Waals surface area contributed by atoms with Crippen molar-refractivity contribution in [2.45, 2.75) is 51.4 Å². The molecule has 1 fully saturated rings. The predicted molar refractivity (Wildman–Crippen MR) is 137 cm³/mol. The third kappa shape index (κ3) is 4.93. The van der Waals surface area contributed by atoms with E-state index in [0.717, 1.165) is 35.7 Å². The lowest BCUT2D eigenvalue weighted by atomic mass is 9.94. The Kier molecular flexibility index (Phi) is 7.20. The molecule has 35 heavy (non-hydrogen) atoms. The maximum atomic E-state index is 14.9. The number of aryl methyl sites for hydroxylation is 2. The molecule has 0 bridgehead atoms. The zero-order valence-corrected chi connectivity index (χ0v) is 20.7. The normalized spacial score (nSPS) is 23.0. The number of anilines is 1. The molecule has 2 aromatic rings. The summed E-state index contributed by atoms with van der Waals surface area (Å²) in [5.41, 5.74) is 8.73. The van der Waals surface area contributed by atoms with E-state index < -0.39 is 6.17 Å². The fraction of sp³-hybridized carbons (Fsp3) is 0.393. The molecule has 0 N–H and O–H groups in total. The lowest BCUT2D eigenvalue weighted by Crippen LogP contribution is -2.26. The Hall–Kier alpha value is -3.66. The van der Waals surface area contributed by atoms with Gasteiger partial charge >= 0.3 is 0 Å². The van der Waals surface area contributed by atoms with Crippen LogP contribution in [0.1, 0.15) is 43.0 Å². The molecule has 0 saturated carbocycles. The van der Waals surface area contributed by atoms with Crippen molar-refractivity contribution >= 4 is 17.4 Å². The molecule has 2 aliphatic rings. The van der Waals surface area contributed by atoms with Gasteiger partial charge in [0, 0.05) is 45.5 Å². The summed E-state index contributed by atoms with van der Waals surface area (Å²) in [6, 6.07) is 11.7. The summed E-state index contributed by atoms with van der Waals surface area (Å²) in [6.07, 6.45) is 0.719. The van der Waals surface area contributed by atoms with Gasteiger partial charge in [-0.05, 0) is 25.3 Å². The highest BCUT2D eigenvalue weighted by molar-refractivity contribution is 5.99. The Balaban J connectivity index is 1.45. The average Bonchev–Trinajstić information content (AvgIpc) is 3.33. The summed E-state index contributed by atoms with van der Waals surface area (Å²) in [4.78, 5) is 21.3. The Bertz CT molecular complexity index is 1230. The number of rotatable bonds is 6. The van der Waals surface area contributed by atoms with Gasteiger partial charge in [-0.2, -0.15) is 5.10 Å². The van der Waals surface area contributed by atoms with Gasteiger partial charge in [-0.1, -0.05) is 49.2 Å². The second kappa shape index (κ2) is 10.3. The number of likely N-dealkylation sites (tertiary alicyclic amines) is 1. The van der Waals surface area contributed by atoms with Gasteiger partial charge < -0.3 is 9.80 Å². The number of carbonyl (C=O) groups excluding carboxylic acids is 1.